The molecule has 0 radical (unpaired) electrons. The van der Waals surface area contributed by atoms with Crippen LogP contribution in [0.2, 0.25) is 0 Å². The second kappa shape index (κ2) is 5.59. The van der Waals surface area contributed by atoms with Crippen LogP contribution >= 0.6 is 0 Å². The van der Waals surface area contributed by atoms with Gasteiger partial charge in [0.15, 0.2) is 0 Å². The van der Waals surface area contributed by atoms with Crippen molar-refractivity contribution < 1.29 is 0 Å². The maximum absolute atomic E-state index is 12.3. The number of nitrogens with zero attached hydrogens (tertiary/aromatic N) is 4. The summed E-state index contributed by atoms with van der Waals surface area (Å²) in [5.74, 6) is 0.514. The highest BCUT2D eigenvalue weighted by Crippen LogP contribution is 2.29. The van der Waals surface area contributed by atoms with Crippen molar-refractivity contribution in [2.24, 2.45) is 5.92 Å². The van der Waals surface area contributed by atoms with Gasteiger partial charge in [-0.15, -0.1) is 0 Å². The third-order valence-corrected chi connectivity index (χ3v) is 4.24. The fourth-order valence-corrected chi connectivity index (χ4v) is 2.75. The summed E-state index contributed by atoms with van der Waals surface area (Å²) in [5, 5.41) is 0. The Kier molecular flexibility index (Phi) is 3.41. The molecule has 7 heteroatoms. The molecule has 122 valence electrons. The van der Waals surface area contributed by atoms with Crippen LogP contribution in [0.15, 0.2) is 57.2 Å². The van der Waals surface area contributed by atoms with Crippen molar-refractivity contribution in [3.05, 3.63) is 79.6 Å². The van der Waals surface area contributed by atoms with Gasteiger partial charge >= 0.3 is 11.1 Å². The molecule has 0 N–H and O–H groups in total. The van der Waals surface area contributed by atoms with Crippen molar-refractivity contribution in [2.45, 2.75) is 25.9 Å². The summed E-state index contributed by atoms with van der Waals surface area (Å²) in [6.07, 6.45) is 7.08. The Hall–Kier alpha value is -2.96. The summed E-state index contributed by atoms with van der Waals surface area (Å²) in [6.45, 7) is 0.698. The molecule has 0 amide bonds. The number of rotatable bonds is 4. The minimum Gasteiger partial charge on any atom is -0.309 e. The van der Waals surface area contributed by atoms with Crippen LogP contribution in [-0.2, 0) is 13.1 Å². The minimum atomic E-state index is -0.590. The van der Waals surface area contributed by atoms with Gasteiger partial charge in [-0.05, 0) is 30.9 Å². The SMILES string of the molecule is O=c1c(=O)n(CC2CC2)ccn1Cc1cc(=O)n2ccccc2n1. The van der Waals surface area contributed by atoms with Crippen LogP contribution in [-0.4, -0.2) is 18.5 Å². The molecule has 3 aromatic rings. The zero-order valence-corrected chi connectivity index (χ0v) is 13.0. The first kappa shape index (κ1) is 14.6. The normalized spacial score (nSPS) is 14.2. The number of hydrogen-bond acceptors (Lipinski definition) is 4. The molecule has 24 heavy (non-hydrogen) atoms. The molecular weight excluding hydrogens is 308 g/mol. The lowest BCUT2D eigenvalue weighted by atomic mass is 10.3. The molecule has 1 aliphatic rings. The Morgan fingerprint density at radius 3 is 2.54 bits per heavy atom. The molecule has 0 aliphatic heterocycles. The van der Waals surface area contributed by atoms with Crippen LogP contribution in [0.25, 0.3) is 5.65 Å². The van der Waals surface area contributed by atoms with Gasteiger partial charge in [-0.1, -0.05) is 6.07 Å². The quantitative estimate of drug-likeness (QED) is 0.654. The first-order chi connectivity index (χ1) is 11.6. The van der Waals surface area contributed by atoms with Crippen molar-refractivity contribution >= 4 is 5.65 Å². The van der Waals surface area contributed by atoms with Crippen LogP contribution in [0.5, 0.6) is 0 Å². The molecule has 3 heterocycles. The Morgan fingerprint density at radius 2 is 1.75 bits per heavy atom. The number of aromatic nitrogens is 4. The molecule has 0 atom stereocenters. The maximum Gasteiger partial charge on any atom is 0.316 e. The van der Waals surface area contributed by atoms with Crippen LogP contribution in [0.1, 0.15) is 18.5 Å². The van der Waals surface area contributed by atoms with E-state index in [1.54, 1.807) is 36.8 Å². The number of hydrogen-bond donors (Lipinski definition) is 0. The van der Waals surface area contributed by atoms with E-state index in [-0.39, 0.29) is 12.1 Å². The van der Waals surface area contributed by atoms with Crippen LogP contribution in [0.4, 0.5) is 0 Å². The first-order valence-corrected chi connectivity index (χ1v) is 7.89. The third kappa shape index (κ3) is 2.68. The standard InChI is InChI=1S/C17H16N4O3/c22-15-9-13(18-14-3-1-2-6-21(14)15)11-20-8-7-19(10-12-4-5-12)16(23)17(20)24/h1-3,6-9,12H,4-5,10-11H2. The minimum absolute atomic E-state index is 0.0962. The molecule has 0 spiro atoms. The van der Waals surface area contributed by atoms with Gasteiger partial charge in [0.2, 0.25) is 0 Å². The molecular formula is C17H16N4O3. The summed E-state index contributed by atoms with van der Waals surface area (Å²) >= 11 is 0. The highest BCUT2D eigenvalue weighted by atomic mass is 16.2. The van der Waals surface area contributed by atoms with Gasteiger partial charge in [-0.2, -0.15) is 0 Å². The molecule has 0 unspecified atom stereocenters. The molecule has 1 saturated carbocycles. The van der Waals surface area contributed by atoms with E-state index in [1.165, 1.54) is 19.6 Å². The summed E-state index contributed by atoms with van der Waals surface area (Å²) in [4.78, 5) is 40.9. The number of pyridine rings is 1. The first-order valence-electron chi connectivity index (χ1n) is 7.89. The maximum atomic E-state index is 12.3. The fourth-order valence-electron chi connectivity index (χ4n) is 2.75. The summed E-state index contributed by atoms with van der Waals surface area (Å²) in [5.41, 5.74) is -0.372. The predicted molar refractivity (Wildman–Crippen MR) is 88.3 cm³/mol. The topological polar surface area (TPSA) is 78.4 Å². The Bertz CT molecular complexity index is 1090. The highest BCUT2D eigenvalue weighted by molar-refractivity contribution is 5.38. The molecule has 4 rings (SSSR count). The Balaban J connectivity index is 1.70. The van der Waals surface area contributed by atoms with E-state index in [4.69, 9.17) is 0 Å². The van der Waals surface area contributed by atoms with Gasteiger partial charge in [0.25, 0.3) is 5.56 Å². The molecule has 0 aromatic carbocycles. The van der Waals surface area contributed by atoms with Gasteiger partial charge in [0, 0.05) is 31.2 Å². The Morgan fingerprint density at radius 1 is 1.00 bits per heavy atom. The molecule has 3 aromatic heterocycles. The zero-order valence-electron chi connectivity index (χ0n) is 13.0. The lowest BCUT2D eigenvalue weighted by Crippen LogP contribution is -2.41. The van der Waals surface area contributed by atoms with Gasteiger partial charge in [0.05, 0.1) is 12.2 Å². The van der Waals surface area contributed by atoms with E-state index in [1.807, 2.05) is 0 Å². The lowest BCUT2D eigenvalue weighted by molar-refractivity contribution is 0.577. The van der Waals surface area contributed by atoms with Crippen LogP contribution < -0.4 is 16.7 Å². The largest absolute Gasteiger partial charge is 0.316 e. The molecule has 7 nitrogen and oxygen atoms in total. The molecule has 0 saturated heterocycles. The summed E-state index contributed by atoms with van der Waals surface area (Å²) in [7, 11) is 0. The number of fused-ring (bicyclic) bond motifs is 1. The van der Waals surface area contributed by atoms with Crippen molar-refractivity contribution in [1.82, 2.24) is 18.5 Å². The van der Waals surface area contributed by atoms with Gasteiger partial charge < -0.3 is 9.13 Å². The van der Waals surface area contributed by atoms with Crippen LogP contribution in [0.3, 0.4) is 0 Å². The van der Waals surface area contributed by atoms with E-state index in [0.717, 1.165) is 12.8 Å². The van der Waals surface area contributed by atoms with E-state index >= 15 is 0 Å². The molecule has 1 aliphatic carbocycles. The predicted octanol–water partition coefficient (Wildman–Crippen LogP) is 0.476. The Labute approximate surface area is 136 Å². The molecule has 1 fully saturated rings. The van der Waals surface area contributed by atoms with E-state index in [0.29, 0.717) is 23.8 Å². The summed E-state index contributed by atoms with van der Waals surface area (Å²) in [6, 6.07) is 6.65. The summed E-state index contributed by atoms with van der Waals surface area (Å²) < 4.78 is 4.20. The smallest absolute Gasteiger partial charge is 0.309 e. The van der Waals surface area contributed by atoms with E-state index in [9.17, 15) is 14.4 Å². The monoisotopic (exact) mass is 324 g/mol. The lowest BCUT2D eigenvalue weighted by Gasteiger charge is -2.09. The van der Waals surface area contributed by atoms with Gasteiger partial charge in [-0.3, -0.25) is 18.8 Å². The van der Waals surface area contributed by atoms with Crippen LogP contribution in [0, 0.1) is 5.92 Å². The zero-order chi connectivity index (χ0) is 16.7. The van der Waals surface area contributed by atoms with Crippen molar-refractivity contribution in [2.75, 3.05) is 0 Å². The fraction of sp³-hybridized carbons (Fsp3) is 0.294. The van der Waals surface area contributed by atoms with E-state index in [2.05, 4.69) is 4.98 Å². The molecule has 0 bridgehead atoms. The average molecular weight is 324 g/mol. The van der Waals surface area contributed by atoms with Crippen molar-refractivity contribution in [3.8, 4) is 0 Å². The van der Waals surface area contributed by atoms with Gasteiger partial charge in [0.1, 0.15) is 5.65 Å². The van der Waals surface area contributed by atoms with Crippen molar-refractivity contribution in [1.29, 1.82) is 0 Å². The van der Waals surface area contributed by atoms with Gasteiger partial charge in [-0.25, -0.2) is 4.98 Å². The third-order valence-electron chi connectivity index (χ3n) is 4.24. The highest BCUT2D eigenvalue weighted by Gasteiger charge is 2.22. The van der Waals surface area contributed by atoms with Crippen molar-refractivity contribution in [3.63, 3.8) is 0 Å². The average Bonchev–Trinajstić information content (AvgIpc) is 3.39. The second-order valence-corrected chi connectivity index (χ2v) is 6.15. The van der Waals surface area contributed by atoms with E-state index < -0.39 is 11.1 Å². The second-order valence-electron chi connectivity index (χ2n) is 6.15.